The van der Waals surface area contributed by atoms with Crippen molar-refractivity contribution in [2.45, 2.75) is 18.9 Å². The Labute approximate surface area is 163 Å². The molecule has 1 heterocycles. The summed E-state index contributed by atoms with van der Waals surface area (Å²) in [4.78, 5) is 15.6. The summed E-state index contributed by atoms with van der Waals surface area (Å²) < 4.78 is 18.7. The van der Waals surface area contributed by atoms with E-state index in [2.05, 4.69) is 10.3 Å². The number of fused-ring (bicyclic) bond motifs is 1. The summed E-state index contributed by atoms with van der Waals surface area (Å²) in [5, 5.41) is 3.64. The number of amides is 1. The molecule has 0 radical (unpaired) electrons. The highest BCUT2D eigenvalue weighted by atomic mass is 19.1. The molecule has 148 valence electrons. The fraction of sp³-hybridized carbons (Fsp3) is 0.286. The van der Waals surface area contributed by atoms with Crippen molar-refractivity contribution < 1.29 is 13.9 Å². The average Bonchev–Trinajstić information content (AvgIpc) is 3.14. The number of ether oxygens (including phenoxy) is 1. The molecule has 0 saturated carbocycles. The fourth-order valence-corrected chi connectivity index (χ4v) is 3.11. The maximum atomic E-state index is 13.2. The molecule has 2 aromatic carbocycles. The number of halogens is 1. The molecule has 0 aliphatic heterocycles. The van der Waals surface area contributed by atoms with Gasteiger partial charge >= 0.3 is 0 Å². The van der Waals surface area contributed by atoms with Crippen LogP contribution in [-0.4, -0.2) is 37.1 Å². The van der Waals surface area contributed by atoms with E-state index < -0.39 is 0 Å². The Bertz CT molecular complexity index is 953. The van der Waals surface area contributed by atoms with Crippen molar-refractivity contribution in [3.05, 3.63) is 54.0 Å². The summed E-state index contributed by atoms with van der Waals surface area (Å²) in [5.74, 6) is 0.108. The van der Waals surface area contributed by atoms with E-state index in [0.717, 1.165) is 34.9 Å². The third-order valence-corrected chi connectivity index (χ3v) is 4.65. The summed E-state index contributed by atoms with van der Waals surface area (Å²) >= 11 is 0. The zero-order chi connectivity index (χ0) is 20.1. The van der Waals surface area contributed by atoms with Crippen molar-refractivity contribution in [3.63, 3.8) is 0 Å². The molecule has 6 N–H and O–H groups in total. The molecule has 0 aliphatic carbocycles. The Morgan fingerprint density at radius 1 is 1.21 bits per heavy atom. The molecule has 0 aliphatic rings. The number of H-pyrrole nitrogens is 1. The van der Waals surface area contributed by atoms with Gasteiger partial charge in [0.15, 0.2) is 0 Å². The molecule has 6 nitrogen and oxygen atoms in total. The topological polar surface area (TPSA) is 106 Å². The number of carbonyl (C=O) groups is 1. The van der Waals surface area contributed by atoms with Gasteiger partial charge in [0.1, 0.15) is 17.3 Å². The number of hydrogen-bond donors (Lipinski definition) is 4. The molecule has 1 amide bonds. The van der Waals surface area contributed by atoms with Crippen molar-refractivity contribution in [1.29, 1.82) is 0 Å². The largest absolute Gasteiger partial charge is 0.496 e. The van der Waals surface area contributed by atoms with Crippen LogP contribution in [0.1, 0.15) is 23.3 Å². The van der Waals surface area contributed by atoms with Gasteiger partial charge in [0.2, 0.25) is 0 Å². The molecule has 0 fully saturated rings. The summed E-state index contributed by atoms with van der Waals surface area (Å²) in [6.07, 6.45) is 1.59. The normalized spacial score (nSPS) is 12.1. The Balaban J connectivity index is 1.84. The number of carbonyl (C=O) groups excluding carboxylic acids is 1. The number of methoxy groups -OCH3 is 1. The van der Waals surface area contributed by atoms with Gasteiger partial charge in [0, 0.05) is 18.0 Å². The Morgan fingerprint density at radius 2 is 1.96 bits per heavy atom. The number of nitrogens with two attached hydrogens (primary N) is 2. The fourth-order valence-electron chi connectivity index (χ4n) is 3.11. The van der Waals surface area contributed by atoms with E-state index in [9.17, 15) is 9.18 Å². The minimum atomic E-state index is -0.291. The zero-order valence-electron chi connectivity index (χ0n) is 15.8. The SMILES string of the molecule is COc1cc(-c2ccc(F)cc2)cc2[nH]c(C(=O)NCC(N)CCCN)cc12. The van der Waals surface area contributed by atoms with Gasteiger partial charge < -0.3 is 26.5 Å². The van der Waals surface area contributed by atoms with Gasteiger partial charge in [-0.2, -0.15) is 0 Å². The van der Waals surface area contributed by atoms with E-state index in [4.69, 9.17) is 16.2 Å². The standard InChI is InChI=1S/C21H25FN4O2/c1-28-20-10-14(13-4-6-15(22)7-5-13)9-18-17(20)11-19(26-18)21(27)25-12-16(24)3-2-8-23/h4-7,9-11,16,26H,2-3,8,12,23-24H2,1H3,(H,25,27). The van der Waals surface area contributed by atoms with Crippen LogP contribution in [0.15, 0.2) is 42.5 Å². The minimum Gasteiger partial charge on any atom is -0.496 e. The van der Waals surface area contributed by atoms with E-state index in [1.54, 1.807) is 25.3 Å². The van der Waals surface area contributed by atoms with Crippen molar-refractivity contribution in [2.75, 3.05) is 20.2 Å². The number of benzene rings is 2. The molecular formula is C21H25FN4O2. The number of aromatic nitrogens is 1. The molecule has 1 aromatic heterocycles. The molecule has 28 heavy (non-hydrogen) atoms. The van der Waals surface area contributed by atoms with Crippen LogP contribution in [0.2, 0.25) is 0 Å². The molecule has 3 aromatic rings. The van der Waals surface area contributed by atoms with Gasteiger partial charge in [0.25, 0.3) is 5.91 Å². The molecule has 7 heteroatoms. The number of rotatable bonds is 8. The first kappa shape index (κ1) is 19.9. The molecule has 3 rings (SSSR count). The number of hydrogen-bond acceptors (Lipinski definition) is 4. The van der Waals surface area contributed by atoms with Crippen molar-refractivity contribution in [3.8, 4) is 16.9 Å². The van der Waals surface area contributed by atoms with Gasteiger partial charge in [-0.1, -0.05) is 12.1 Å². The highest BCUT2D eigenvalue weighted by molar-refractivity contribution is 6.01. The van der Waals surface area contributed by atoms with Crippen LogP contribution < -0.4 is 21.5 Å². The monoisotopic (exact) mass is 384 g/mol. The van der Waals surface area contributed by atoms with Crippen molar-refractivity contribution in [1.82, 2.24) is 10.3 Å². The maximum Gasteiger partial charge on any atom is 0.267 e. The first-order chi connectivity index (χ1) is 13.5. The molecule has 1 atom stereocenters. The first-order valence-corrected chi connectivity index (χ1v) is 9.22. The van der Waals surface area contributed by atoms with Crippen LogP contribution in [-0.2, 0) is 0 Å². The quantitative estimate of drug-likeness (QED) is 0.479. The third-order valence-electron chi connectivity index (χ3n) is 4.65. The summed E-state index contributed by atoms with van der Waals surface area (Å²) in [5.41, 5.74) is 14.4. The third kappa shape index (κ3) is 4.49. The van der Waals surface area contributed by atoms with Gasteiger partial charge in [-0.3, -0.25) is 4.79 Å². The molecule has 0 saturated heterocycles. The van der Waals surface area contributed by atoms with Crippen LogP contribution in [0, 0.1) is 5.82 Å². The van der Waals surface area contributed by atoms with E-state index in [-0.39, 0.29) is 17.8 Å². The van der Waals surface area contributed by atoms with Gasteiger partial charge in [-0.15, -0.1) is 0 Å². The second-order valence-electron chi connectivity index (χ2n) is 6.73. The Kier molecular flexibility index (Phi) is 6.28. The highest BCUT2D eigenvalue weighted by Gasteiger charge is 2.15. The molecule has 1 unspecified atom stereocenters. The minimum absolute atomic E-state index is 0.128. The van der Waals surface area contributed by atoms with Crippen LogP contribution in [0.4, 0.5) is 4.39 Å². The lowest BCUT2D eigenvalue weighted by Gasteiger charge is -2.11. The van der Waals surface area contributed by atoms with Crippen LogP contribution in [0.3, 0.4) is 0 Å². The smallest absolute Gasteiger partial charge is 0.267 e. The summed E-state index contributed by atoms with van der Waals surface area (Å²) in [6.45, 7) is 0.964. The van der Waals surface area contributed by atoms with E-state index in [1.807, 2.05) is 12.1 Å². The van der Waals surface area contributed by atoms with Gasteiger partial charge in [-0.25, -0.2) is 4.39 Å². The second-order valence-corrected chi connectivity index (χ2v) is 6.73. The van der Waals surface area contributed by atoms with E-state index in [1.165, 1.54) is 12.1 Å². The van der Waals surface area contributed by atoms with Gasteiger partial charge in [0.05, 0.1) is 12.6 Å². The van der Waals surface area contributed by atoms with Crippen LogP contribution in [0.25, 0.3) is 22.0 Å². The number of nitrogens with one attached hydrogen (secondary N) is 2. The van der Waals surface area contributed by atoms with E-state index in [0.29, 0.717) is 24.5 Å². The van der Waals surface area contributed by atoms with Crippen molar-refractivity contribution in [2.24, 2.45) is 11.5 Å². The lowest BCUT2D eigenvalue weighted by Crippen LogP contribution is -2.37. The van der Waals surface area contributed by atoms with E-state index >= 15 is 0 Å². The Hall–Kier alpha value is -2.90. The second kappa shape index (κ2) is 8.86. The van der Waals surface area contributed by atoms with Crippen LogP contribution in [0.5, 0.6) is 5.75 Å². The zero-order valence-corrected chi connectivity index (χ0v) is 15.8. The molecule has 0 spiro atoms. The van der Waals surface area contributed by atoms with Crippen molar-refractivity contribution >= 4 is 16.8 Å². The Morgan fingerprint density at radius 3 is 2.64 bits per heavy atom. The van der Waals surface area contributed by atoms with Gasteiger partial charge in [-0.05, 0) is 60.8 Å². The first-order valence-electron chi connectivity index (χ1n) is 9.22. The summed E-state index contributed by atoms with van der Waals surface area (Å²) in [6, 6.07) is 11.6. The van der Waals surface area contributed by atoms with Crippen LogP contribution >= 0.6 is 0 Å². The number of aromatic amines is 1. The maximum absolute atomic E-state index is 13.2. The molecular weight excluding hydrogens is 359 g/mol. The lowest BCUT2D eigenvalue weighted by atomic mass is 10.0. The summed E-state index contributed by atoms with van der Waals surface area (Å²) in [7, 11) is 1.58. The predicted molar refractivity (Wildman–Crippen MR) is 109 cm³/mol. The lowest BCUT2D eigenvalue weighted by molar-refractivity contribution is 0.0946. The average molecular weight is 384 g/mol. The predicted octanol–water partition coefficient (Wildman–Crippen LogP) is 2.78. The molecule has 0 bridgehead atoms. The highest BCUT2D eigenvalue weighted by Crippen LogP contribution is 2.33.